The smallest absolute Gasteiger partial charge is 0.267 e. The van der Waals surface area contributed by atoms with Crippen LogP contribution in [0, 0.1) is 0 Å². The maximum absolute atomic E-state index is 12.2. The highest BCUT2D eigenvalue weighted by Crippen LogP contribution is 2.24. The molecule has 0 aliphatic carbocycles. The van der Waals surface area contributed by atoms with Crippen LogP contribution >= 0.6 is 27.5 Å². The van der Waals surface area contributed by atoms with Gasteiger partial charge in [0.2, 0.25) is 0 Å². The van der Waals surface area contributed by atoms with Gasteiger partial charge in [0.15, 0.2) is 0 Å². The number of carbonyl (C=O) groups excluding carboxylic acids is 1. The number of likely N-dealkylation sites (tertiary alicyclic amines) is 1. The monoisotopic (exact) mass is 303 g/mol. The summed E-state index contributed by atoms with van der Waals surface area (Å²) in [5.74, 6) is 0.334. The summed E-state index contributed by atoms with van der Waals surface area (Å²) in [7, 11) is 0. The molecular formula is C10H14BrN3OS. The van der Waals surface area contributed by atoms with Gasteiger partial charge in [-0.3, -0.25) is 4.79 Å². The molecule has 1 amide bonds. The normalized spacial score (nSPS) is 20.8. The van der Waals surface area contributed by atoms with E-state index in [2.05, 4.69) is 25.5 Å². The van der Waals surface area contributed by atoms with Gasteiger partial charge < -0.3 is 4.90 Å². The van der Waals surface area contributed by atoms with Crippen LogP contribution in [0.4, 0.5) is 0 Å². The summed E-state index contributed by atoms with van der Waals surface area (Å²) in [6.07, 6.45) is 1.02. The zero-order chi connectivity index (χ0) is 11.7. The first-order chi connectivity index (χ1) is 7.59. The quantitative estimate of drug-likeness (QED) is 0.787. The molecule has 1 aliphatic heterocycles. The molecule has 0 saturated carbocycles. The average molecular weight is 304 g/mol. The SMILES string of the molecule is CC(C)c1nnsc1C(=O)N1CCC(Br)C1. The lowest BCUT2D eigenvalue weighted by Gasteiger charge is -2.15. The molecule has 0 N–H and O–H groups in total. The minimum atomic E-state index is 0.0839. The second kappa shape index (κ2) is 4.79. The number of alkyl halides is 1. The van der Waals surface area contributed by atoms with E-state index in [4.69, 9.17) is 0 Å². The van der Waals surface area contributed by atoms with E-state index >= 15 is 0 Å². The lowest BCUT2D eigenvalue weighted by Crippen LogP contribution is -2.29. The molecule has 2 heterocycles. The van der Waals surface area contributed by atoms with Gasteiger partial charge in [0, 0.05) is 17.9 Å². The first-order valence-electron chi connectivity index (χ1n) is 5.35. The van der Waals surface area contributed by atoms with Crippen molar-refractivity contribution in [3.05, 3.63) is 10.6 Å². The standard InChI is InChI=1S/C10H14BrN3OS/c1-6(2)8-9(16-13-12-8)10(15)14-4-3-7(11)5-14/h6-7H,3-5H2,1-2H3. The van der Waals surface area contributed by atoms with Gasteiger partial charge in [-0.2, -0.15) is 0 Å². The highest BCUT2D eigenvalue weighted by molar-refractivity contribution is 9.09. The van der Waals surface area contributed by atoms with Gasteiger partial charge in [-0.25, -0.2) is 0 Å². The van der Waals surface area contributed by atoms with E-state index in [-0.39, 0.29) is 11.8 Å². The molecule has 1 saturated heterocycles. The van der Waals surface area contributed by atoms with Crippen LogP contribution in [-0.2, 0) is 0 Å². The Bertz CT molecular complexity index is 393. The van der Waals surface area contributed by atoms with E-state index in [9.17, 15) is 4.79 Å². The van der Waals surface area contributed by atoms with Crippen LogP contribution in [0.5, 0.6) is 0 Å². The van der Waals surface area contributed by atoms with Crippen LogP contribution in [0.15, 0.2) is 0 Å². The first-order valence-corrected chi connectivity index (χ1v) is 7.04. The third kappa shape index (κ3) is 2.27. The minimum Gasteiger partial charge on any atom is -0.337 e. The Morgan fingerprint density at radius 1 is 1.62 bits per heavy atom. The number of nitrogens with zero attached hydrogens (tertiary/aromatic N) is 3. The van der Waals surface area contributed by atoms with Crippen LogP contribution in [0.3, 0.4) is 0 Å². The molecule has 0 spiro atoms. The molecule has 0 bridgehead atoms. The largest absolute Gasteiger partial charge is 0.337 e. The molecule has 0 radical (unpaired) electrons. The minimum absolute atomic E-state index is 0.0839. The highest BCUT2D eigenvalue weighted by atomic mass is 79.9. The Kier molecular flexibility index (Phi) is 3.59. The fourth-order valence-corrected chi connectivity index (χ4v) is 3.11. The van der Waals surface area contributed by atoms with E-state index in [1.807, 2.05) is 18.7 Å². The Morgan fingerprint density at radius 3 is 2.94 bits per heavy atom. The van der Waals surface area contributed by atoms with Crippen molar-refractivity contribution in [2.45, 2.75) is 31.0 Å². The van der Waals surface area contributed by atoms with Gasteiger partial charge >= 0.3 is 0 Å². The second-order valence-corrected chi connectivity index (χ2v) is 6.33. The van der Waals surface area contributed by atoms with E-state index in [0.717, 1.165) is 25.2 Å². The molecule has 1 fully saturated rings. The van der Waals surface area contributed by atoms with Crippen molar-refractivity contribution in [2.24, 2.45) is 0 Å². The summed E-state index contributed by atoms with van der Waals surface area (Å²) >= 11 is 4.74. The van der Waals surface area contributed by atoms with Crippen molar-refractivity contribution < 1.29 is 4.79 Å². The lowest BCUT2D eigenvalue weighted by molar-refractivity contribution is 0.0796. The van der Waals surface area contributed by atoms with Crippen LogP contribution in [-0.4, -0.2) is 38.3 Å². The fraction of sp³-hybridized carbons (Fsp3) is 0.700. The van der Waals surface area contributed by atoms with Crippen LogP contribution < -0.4 is 0 Å². The summed E-state index contributed by atoms with van der Waals surface area (Å²) in [5, 5.41) is 4.04. The van der Waals surface area contributed by atoms with Gasteiger partial charge in [-0.15, -0.1) is 5.10 Å². The van der Waals surface area contributed by atoms with Gasteiger partial charge in [-0.1, -0.05) is 34.3 Å². The predicted molar refractivity (Wildman–Crippen MR) is 67.2 cm³/mol. The Balaban J connectivity index is 2.17. The summed E-state index contributed by atoms with van der Waals surface area (Å²) in [5.41, 5.74) is 0.827. The maximum Gasteiger partial charge on any atom is 0.267 e. The van der Waals surface area contributed by atoms with Crippen LogP contribution in [0.1, 0.15) is 41.6 Å². The molecule has 88 valence electrons. The van der Waals surface area contributed by atoms with Crippen molar-refractivity contribution in [1.29, 1.82) is 0 Å². The predicted octanol–water partition coefficient (Wildman–Crippen LogP) is 2.27. The van der Waals surface area contributed by atoms with E-state index in [1.54, 1.807) is 0 Å². The zero-order valence-corrected chi connectivity index (χ0v) is 11.7. The molecule has 4 nitrogen and oxygen atoms in total. The number of amides is 1. The van der Waals surface area contributed by atoms with Crippen molar-refractivity contribution in [2.75, 3.05) is 13.1 Å². The molecule has 0 aromatic carbocycles. The summed E-state index contributed by atoms with van der Waals surface area (Å²) < 4.78 is 3.89. The molecule has 1 aromatic heterocycles. The highest BCUT2D eigenvalue weighted by Gasteiger charge is 2.29. The molecule has 2 rings (SSSR count). The number of halogens is 1. The third-order valence-corrected chi connectivity index (χ3v) is 4.15. The van der Waals surface area contributed by atoms with Gasteiger partial charge in [0.05, 0.1) is 5.69 Å². The Labute approximate surface area is 107 Å². The van der Waals surface area contributed by atoms with Crippen molar-refractivity contribution in [3.63, 3.8) is 0 Å². The lowest BCUT2D eigenvalue weighted by atomic mass is 10.1. The van der Waals surface area contributed by atoms with Gasteiger partial charge in [-0.05, 0) is 23.9 Å². The van der Waals surface area contributed by atoms with Gasteiger partial charge in [0.25, 0.3) is 5.91 Å². The maximum atomic E-state index is 12.2. The van der Waals surface area contributed by atoms with Crippen molar-refractivity contribution in [1.82, 2.24) is 14.5 Å². The number of hydrogen-bond donors (Lipinski definition) is 0. The zero-order valence-electron chi connectivity index (χ0n) is 9.31. The van der Waals surface area contributed by atoms with E-state index in [1.165, 1.54) is 11.5 Å². The topological polar surface area (TPSA) is 46.1 Å². The van der Waals surface area contributed by atoms with Crippen LogP contribution in [0.2, 0.25) is 0 Å². The number of aromatic nitrogens is 2. The summed E-state index contributed by atoms with van der Waals surface area (Å²) in [6.45, 7) is 5.67. The molecule has 1 atom stereocenters. The first kappa shape index (κ1) is 12.0. The van der Waals surface area contributed by atoms with E-state index < -0.39 is 0 Å². The van der Waals surface area contributed by atoms with Crippen molar-refractivity contribution in [3.8, 4) is 0 Å². The molecule has 6 heteroatoms. The Hall–Kier alpha value is -0.490. The molecule has 16 heavy (non-hydrogen) atoms. The summed E-state index contributed by atoms with van der Waals surface area (Å²) in [6, 6.07) is 0. The number of rotatable bonds is 2. The molecule has 1 unspecified atom stereocenters. The van der Waals surface area contributed by atoms with Crippen LogP contribution in [0.25, 0.3) is 0 Å². The third-order valence-electron chi connectivity index (χ3n) is 2.67. The second-order valence-electron chi connectivity index (χ2n) is 4.28. The molecule has 1 aromatic rings. The van der Waals surface area contributed by atoms with Crippen molar-refractivity contribution >= 4 is 33.4 Å². The molecule has 1 aliphatic rings. The van der Waals surface area contributed by atoms with Gasteiger partial charge in [0.1, 0.15) is 4.88 Å². The van der Waals surface area contributed by atoms with E-state index in [0.29, 0.717) is 9.70 Å². The Morgan fingerprint density at radius 2 is 2.38 bits per heavy atom. The number of carbonyl (C=O) groups is 1. The summed E-state index contributed by atoms with van der Waals surface area (Å²) in [4.78, 5) is 15.2. The molecular weight excluding hydrogens is 290 g/mol. The fourth-order valence-electron chi connectivity index (χ4n) is 1.77. The number of hydrogen-bond acceptors (Lipinski definition) is 4. The average Bonchev–Trinajstić information content (AvgIpc) is 2.84.